The van der Waals surface area contributed by atoms with Gasteiger partial charge in [0.15, 0.2) is 0 Å². The molecule has 0 radical (unpaired) electrons. The van der Waals surface area contributed by atoms with Crippen LogP contribution in [0.3, 0.4) is 0 Å². The van der Waals surface area contributed by atoms with Gasteiger partial charge in [0.25, 0.3) is 5.91 Å². The van der Waals surface area contributed by atoms with Gasteiger partial charge >= 0.3 is 6.03 Å². The van der Waals surface area contributed by atoms with E-state index < -0.39 is 11.9 Å². The molecule has 1 heterocycles. The Hall–Kier alpha value is -2.43. The molecule has 0 spiro atoms. The third-order valence-electron chi connectivity index (χ3n) is 2.78. The van der Waals surface area contributed by atoms with Crippen LogP contribution in [0, 0.1) is 0 Å². The Morgan fingerprint density at radius 2 is 1.95 bits per heavy atom. The second kappa shape index (κ2) is 5.95. The van der Waals surface area contributed by atoms with E-state index in [0.717, 1.165) is 10.5 Å². The highest BCUT2D eigenvalue weighted by Crippen LogP contribution is 2.09. The molecule has 1 aromatic rings. The first kappa shape index (κ1) is 13.0. The largest absolute Gasteiger partial charge is 0.330 e. The molecule has 5 nitrogen and oxygen atoms in total. The molecule has 0 unspecified atom stereocenters. The van der Waals surface area contributed by atoms with Gasteiger partial charge in [-0.2, -0.15) is 0 Å². The third-order valence-corrected chi connectivity index (χ3v) is 2.78. The number of hydrogen-bond acceptors (Lipinski definition) is 3. The van der Waals surface area contributed by atoms with Crippen LogP contribution in [0.1, 0.15) is 18.4 Å². The number of urea groups is 1. The van der Waals surface area contributed by atoms with Gasteiger partial charge in [0.1, 0.15) is 0 Å². The predicted molar refractivity (Wildman–Crippen MR) is 70.0 cm³/mol. The van der Waals surface area contributed by atoms with E-state index >= 15 is 0 Å². The van der Waals surface area contributed by atoms with E-state index in [0.29, 0.717) is 19.4 Å². The fourth-order valence-corrected chi connectivity index (χ4v) is 1.81. The quantitative estimate of drug-likeness (QED) is 0.818. The van der Waals surface area contributed by atoms with Gasteiger partial charge in [-0.1, -0.05) is 30.3 Å². The van der Waals surface area contributed by atoms with E-state index in [2.05, 4.69) is 5.32 Å². The van der Waals surface area contributed by atoms with Gasteiger partial charge in [-0.3, -0.25) is 19.8 Å². The zero-order valence-electron chi connectivity index (χ0n) is 10.3. The Bertz CT molecular complexity index is 523. The topological polar surface area (TPSA) is 66.5 Å². The number of carbonyl (C=O) groups is 3. The van der Waals surface area contributed by atoms with Crippen LogP contribution in [0.2, 0.25) is 0 Å². The van der Waals surface area contributed by atoms with Gasteiger partial charge in [-0.25, -0.2) is 4.79 Å². The maximum absolute atomic E-state index is 11.6. The van der Waals surface area contributed by atoms with Crippen LogP contribution in [0.4, 0.5) is 4.79 Å². The molecule has 5 heteroatoms. The van der Waals surface area contributed by atoms with Crippen molar-refractivity contribution in [1.82, 2.24) is 10.2 Å². The highest BCUT2D eigenvalue weighted by Gasteiger charge is 2.26. The fraction of sp³-hybridized carbons (Fsp3) is 0.214. The zero-order valence-corrected chi connectivity index (χ0v) is 10.3. The van der Waals surface area contributed by atoms with E-state index in [4.69, 9.17) is 0 Å². The first-order valence-corrected chi connectivity index (χ1v) is 6.05. The van der Waals surface area contributed by atoms with E-state index in [-0.39, 0.29) is 5.91 Å². The zero-order chi connectivity index (χ0) is 13.7. The molecule has 1 N–H and O–H groups in total. The van der Waals surface area contributed by atoms with Crippen molar-refractivity contribution in [3.8, 4) is 0 Å². The van der Waals surface area contributed by atoms with Crippen molar-refractivity contribution in [2.24, 2.45) is 0 Å². The average molecular weight is 258 g/mol. The summed E-state index contributed by atoms with van der Waals surface area (Å²) in [5, 5.41) is 2.16. The molecule has 4 amide bonds. The lowest BCUT2D eigenvalue weighted by atomic mass is 10.2. The van der Waals surface area contributed by atoms with Crippen LogP contribution in [-0.4, -0.2) is 29.3 Å². The highest BCUT2D eigenvalue weighted by molar-refractivity contribution is 6.06. The molecule has 1 aliphatic rings. The number of likely N-dealkylation sites (tertiary alicyclic amines) is 1. The lowest BCUT2D eigenvalue weighted by Gasteiger charge is -2.12. The van der Waals surface area contributed by atoms with Crippen molar-refractivity contribution >= 4 is 23.9 Å². The third kappa shape index (κ3) is 3.51. The highest BCUT2D eigenvalue weighted by atomic mass is 16.2. The summed E-state index contributed by atoms with van der Waals surface area (Å²) in [4.78, 5) is 35.5. The summed E-state index contributed by atoms with van der Waals surface area (Å²) < 4.78 is 0. The molecule has 1 saturated heterocycles. The Labute approximate surface area is 110 Å². The summed E-state index contributed by atoms with van der Waals surface area (Å²) >= 11 is 0. The summed E-state index contributed by atoms with van der Waals surface area (Å²) in [6, 6.07) is 8.62. The minimum absolute atomic E-state index is 0.239. The maximum Gasteiger partial charge on any atom is 0.330 e. The van der Waals surface area contributed by atoms with Gasteiger partial charge < -0.3 is 0 Å². The first-order valence-electron chi connectivity index (χ1n) is 6.05. The van der Waals surface area contributed by atoms with Crippen molar-refractivity contribution in [1.29, 1.82) is 0 Å². The van der Waals surface area contributed by atoms with Crippen LogP contribution < -0.4 is 5.32 Å². The van der Waals surface area contributed by atoms with Crippen molar-refractivity contribution < 1.29 is 14.4 Å². The molecule has 0 aliphatic carbocycles. The molecule has 19 heavy (non-hydrogen) atoms. The molecule has 98 valence electrons. The SMILES string of the molecule is O=C(/C=C/c1ccccc1)NC(=O)N1CCCC1=O. The number of carbonyl (C=O) groups excluding carboxylic acids is 3. The molecular formula is C14H14N2O3. The lowest BCUT2D eigenvalue weighted by Crippen LogP contribution is -2.42. The van der Waals surface area contributed by atoms with Crippen molar-refractivity contribution in [2.75, 3.05) is 6.54 Å². The number of amides is 4. The summed E-state index contributed by atoms with van der Waals surface area (Å²) in [6.45, 7) is 0.375. The number of nitrogens with zero attached hydrogens (tertiary/aromatic N) is 1. The lowest BCUT2D eigenvalue weighted by molar-refractivity contribution is -0.125. The molecule has 1 fully saturated rings. The Morgan fingerprint density at radius 1 is 1.21 bits per heavy atom. The van der Waals surface area contributed by atoms with Gasteiger partial charge in [-0.15, -0.1) is 0 Å². The summed E-state index contributed by atoms with van der Waals surface area (Å²) in [5.74, 6) is -0.772. The van der Waals surface area contributed by atoms with E-state index in [1.807, 2.05) is 30.3 Å². The molecular weight excluding hydrogens is 244 g/mol. The summed E-state index contributed by atoms with van der Waals surface area (Å²) in [7, 11) is 0. The molecule has 0 atom stereocenters. The van der Waals surface area contributed by atoms with Gasteiger partial charge in [-0.05, 0) is 18.1 Å². The van der Waals surface area contributed by atoms with Crippen LogP contribution in [-0.2, 0) is 9.59 Å². The predicted octanol–water partition coefficient (Wildman–Crippen LogP) is 1.56. The Balaban J connectivity index is 1.89. The summed E-state index contributed by atoms with van der Waals surface area (Å²) in [5.41, 5.74) is 0.863. The smallest absolute Gasteiger partial charge is 0.274 e. The molecule has 0 bridgehead atoms. The molecule has 0 aromatic heterocycles. The average Bonchev–Trinajstić information content (AvgIpc) is 2.84. The number of imide groups is 2. The number of nitrogens with one attached hydrogen (secondary N) is 1. The minimum Gasteiger partial charge on any atom is -0.274 e. The van der Waals surface area contributed by atoms with Crippen molar-refractivity contribution in [2.45, 2.75) is 12.8 Å². The normalized spacial score (nSPS) is 14.9. The molecule has 1 aromatic carbocycles. The standard InChI is InChI=1S/C14H14N2O3/c17-12(9-8-11-5-2-1-3-6-11)15-14(19)16-10-4-7-13(16)18/h1-3,5-6,8-9H,4,7,10H2,(H,15,17,19)/b9-8+. The van der Waals surface area contributed by atoms with E-state index in [9.17, 15) is 14.4 Å². The van der Waals surface area contributed by atoms with Crippen LogP contribution in [0.25, 0.3) is 6.08 Å². The number of benzene rings is 1. The van der Waals surface area contributed by atoms with Gasteiger partial charge in [0, 0.05) is 19.0 Å². The maximum atomic E-state index is 11.6. The second-order valence-electron chi connectivity index (χ2n) is 4.19. The minimum atomic E-state index is -0.648. The fourth-order valence-electron chi connectivity index (χ4n) is 1.81. The Morgan fingerprint density at radius 3 is 2.58 bits per heavy atom. The van der Waals surface area contributed by atoms with Gasteiger partial charge in [0.2, 0.25) is 5.91 Å². The van der Waals surface area contributed by atoms with Crippen molar-refractivity contribution in [3.05, 3.63) is 42.0 Å². The van der Waals surface area contributed by atoms with Gasteiger partial charge in [0.05, 0.1) is 0 Å². The van der Waals surface area contributed by atoms with E-state index in [1.54, 1.807) is 6.08 Å². The molecule has 1 aliphatic heterocycles. The molecule has 0 saturated carbocycles. The molecule has 2 rings (SSSR count). The van der Waals surface area contributed by atoms with Crippen LogP contribution in [0.15, 0.2) is 36.4 Å². The number of hydrogen-bond donors (Lipinski definition) is 1. The summed E-state index contributed by atoms with van der Waals surface area (Å²) in [6.07, 6.45) is 3.89. The Kier molecular flexibility index (Phi) is 4.07. The van der Waals surface area contributed by atoms with Crippen LogP contribution >= 0.6 is 0 Å². The number of rotatable bonds is 2. The van der Waals surface area contributed by atoms with Crippen molar-refractivity contribution in [3.63, 3.8) is 0 Å². The first-order chi connectivity index (χ1) is 9.16. The van der Waals surface area contributed by atoms with E-state index in [1.165, 1.54) is 6.08 Å². The second-order valence-corrected chi connectivity index (χ2v) is 4.19. The van der Waals surface area contributed by atoms with Crippen LogP contribution in [0.5, 0.6) is 0 Å². The monoisotopic (exact) mass is 258 g/mol.